The molecule has 1 aromatic carbocycles. The predicted molar refractivity (Wildman–Crippen MR) is 108 cm³/mol. The summed E-state index contributed by atoms with van der Waals surface area (Å²) < 4.78 is 0. The van der Waals surface area contributed by atoms with E-state index in [0.717, 1.165) is 32.1 Å². The van der Waals surface area contributed by atoms with Gasteiger partial charge in [0, 0.05) is 39.8 Å². The predicted octanol–water partition coefficient (Wildman–Crippen LogP) is 1.90. The van der Waals surface area contributed by atoms with Crippen molar-refractivity contribution in [2.24, 2.45) is 4.99 Å². The van der Waals surface area contributed by atoms with E-state index in [1.54, 1.807) is 0 Å². The van der Waals surface area contributed by atoms with Gasteiger partial charge in [0.25, 0.3) is 0 Å². The zero-order valence-electron chi connectivity index (χ0n) is 16.4. The summed E-state index contributed by atoms with van der Waals surface area (Å²) >= 11 is 0. The highest BCUT2D eigenvalue weighted by Gasteiger charge is 2.12. The van der Waals surface area contributed by atoms with Crippen LogP contribution in [0.2, 0.25) is 0 Å². The Morgan fingerprint density at radius 3 is 2.80 bits per heavy atom. The molecule has 1 aliphatic rings. The van der Waals surface area contributed by atoms with E-state index in [9.17, 15) is 0 Å². The van der Waals surface area contributed by atoms with Crippen molar-refractivity contribution in [3.05, 3.63) is 35.4 Å². The molecule has 0 aromatic heterocycles. The first-order valence-corrected chi connectivity index (χ1v) is 9.50. The van der Waals surface area contributed by atoms with Crippen LogP contribution in [-0.4, -0.2) is 75.7 Å². The second kappa shape index (κ2) is 10.4. The Balaban J connectivity index is 1.70. The van der Waals surface area contributed by atoms with Gasteiger partial charge in [0.15, 0.2) is 5.96 Å². The Bertz CT molecular complexity index is 543. The minimum absolute atomic E-state index is 0.458. The first-order chi connectivity index (χ1) is 12.1. The summed E-state index contributed by atoms with van der Waals surface area (Å²) in [5.41, 5.74) is 2.69. The minimum Gasteiger partial charge on any atom is -0.356 e. The van der Waals surface area contributed by atoms with Gasteiger partial charge in [-0.05, 0) is 45.0 Å². The molecular weight excluding hydrogens is 310 g/mol. The van der Waals surface area contributed by atoms with Crippen molar-refractivity contribution in [1.82, 2.24) is 20.4 Å². The average molecular weight is 346 g/mol. The first kappa shape index (κ1) is 19.7. The summed E-state index contributed by atoms with van der Waals surface area (Å²) in [6, 6.07) is 8.74. The third-order valence-electron chi connectivity index (χ3n) is 4.94. The molecule has 0 amide bonds. The summed E-state index contributed by atoms with van der Waals surface area (Å²) in [5.74, 6) is 1.35. The largest absolute Gasteiger partial charge is 0.356 e. The number of nitrogens with zero attached hydrogens (tertiary/aromatic N) is 3. The number of hydrogen-bond acceptors (Lipinski definition) is 3. The molecule has 1 unspecified atom stereocenters. The summed E-state index contributed by atoms with van der Waals surface area (Å²) in [7, 11) is 4.05. The second-order valence-corrected chi connectivity index (χ2v) is 7.19. The van der Waals surface area contributed by atoms with Gasteiger partial charge in [0.05, 0.1) is 0 Å². The average Bonchev–Trinajstić information content (AvgIpc) is 2.82. The number of aryl methyl sites for hydroxylation is 1. The molecule has 25 heavy (non-hydrogen) atoms. The first-order valence-electron chi connectivity index (χ1n) is 9.50. The Labute approximate surface area is 153 Å². The lowest BCUT2D eigenvalue weighted by atomic mass is 9.99. The summed E-state index contributed by atoms with van der Waals surface area (Å²) in [6.45, 7) is 12.0. The van der Waals surface area contributed by atoms with Crippen molar-refractivity contribution in [2.45, 2.75) is 26.2 Å². The molecule has 140 valence electrons. The highest BCUT2D eigenvalue weighted by atomic mass is 15.2. The van der Waals surface area contributed by atoms with Gasteiger partial charge < -0.3 is 20.4 Å². The van der Waals surface area contributed by atoms with Gasteiger partial charge in [0.1, 0.15) is 0 Å². The van der Waals surface area contributed by atoms with Crippen LogP contribution >= 0.6 is 0 Å². The smallest absolute Gasteiger partial charge is 0.191 e. The molecule has 5 heteroatoms. The molecule has 1 aliphatic heterocycles. The molecule has 2 rings (SSSR count). The summed E-state index contributed by atoms with van der Waals surface area (Å²) in [4.78, 5) is 9.31. The normalized spacial score (nSPS) is 18.6. The minimum atomic E-state index is 0.458. The fraction of sp³-hybridized carbons (Fsp3) is 0.650. The molecule has 1 fully saturated rings. The Hall–Kier alpha value is -1.59. The maximum atomic E-state index is 4.35. The molecular formula is C20H35N5. The van der Waals surface area contributed by atoms with Crippen LogP contribution in [-0.2, 0) is 0 Å². The number of likely N-dealkylation sites (N-methyl/N-ethyl adjacent to an activating group) is 1. The summed E-state index contributed by atoms with van der Waals surface area (Å²) in [6.07, 6.45) is 1.26. The lowest BCUT2D eigenvalue weighted by molar-refractivity contribution is 0.280. The highest BCUT2D eigenvalue weighted by molar-refractivity contribution is 5.79. The van der Waals surface area contributed by atoms with E-state index in [2.05, 4.69) is 70.6 Å². The number of hydrogen-bond donors (Lipinski definition) is 2. The van der Waals surface area contributed by atoms with Gasteiger partial charge >= 0.3 is 0 Å². The molecule has 0 saturated carbocycles. The van der Waals surface area contributed by atoms with E-state index in [1.807, 2.05) is 7.05 Å². The van der Waals surface area contributed by atoms with Gasteiger partial charge in [-0.3, -0.25) is 4.99 Å². The van der Waals surface area contributed by atoms with E-state index in [-0.39, 0.29) is 0 Å². The van der Waals surface area contributed by atoms with Gasteiger partial charge in [-0.25, -0.2) is 0 Å². The van der Waals surface area contributed by atoms with Crippen molar-refractivity contribution in [1.29, 1.82) is 0 Å². The maximum Gasteiger partial charge on any atom is 0.191 e. The molecule has 1 saturated heterocycles. The van der Waals surface area contributed by atoms with Gasteiger partial charge in [-0.1, -0.05) is 36.8 Å². The molecule has 0 aliphatic carbocycles. The monoisotopic (exact) mass is 345 g/mol. The van der Waals surface area contributed by atoms with Crippen molar-refractivity contribution in [3.8, 4) is 0 Å². The van der Waals surface area contributed by atoms with Crippen LogP contribution in [0.1, 0.15) is 30.4 Å². The fourth-order valence-corrected chi connectivity index (χ4v) is 3.22. The third-order valence-corrected chi connectivity index (χ3v) is 4.94. The molecule has 2 N–H and O–H groups in total. The topological polar surface area (TPSA) is 42.9 Å². The third kappa shape index (κ3) is 7.04. The summed E-state index contributed by atoms with van der Waals surface area (Å²) in [5, 5.41) is 6.91. The molecule has 0 spiro atoms. The molecule has 1 heterocycles. The van der Waals surface area contributed by atoms with Crippen LogP contribution in [0.25, 0.3) is 0 Å². The standard InChI is InChI=1S/C20H35N5/c1-17-7-5-8-19(15-17)18(2)16-23-20(21-3)22-9-12-25-11-6-10-24(4)13-14-25/h5,7-8,15,18H,6,9-14,16H2,1-4H3,(H2,21,22,23). The zero-order chi connectivity index (χ0) is 18.1. The maximum absolute atomic E-state index is 4.35. The molecule has 0 radical (unpaired) electrons. The van der Waals surface area contributed by atoms with Crippen molar-refractivity contribution in [3.63, 3.8) is 0 Å². The van der Waals surface area contributed by atoms with Crippen LogP contribution in [0.3, 0.4) is 0 Å². The van der Waals surface area contributed by atoms with Crippen LogP contribution in [0.5, 0.6) is 0 Å². The molecule has 5 nitrogen and oxygen atoms in total. The number of guanidine groups is 1. The van der Waals surface area contributed by atoms with Crippen molar-refractivity contribution in [2.75, 3.05) is 59.9 Å². The zero-order valence-corrected chi connectivity index (χ0v) is 16.4. The van der Waals surface area contributed by atoms with E-state index >= 15 is 0 Å². The van der Waals surface area contributed by atoms with E-state index in [4.69, 9.17) is 0 Å². The van der Waals surface area contributed by atoms with Gasteiger partial charge in [-0.15, -0.1) is 0 Å². The Morgan fingerprint density at radius 1 is 1.20 bits per heavy atom. The Kier molecular flexibility index (Phi) is 8.22. The quantitative estimate of drug-likeness (QED) is 0.610. The van der Waals surface area contributed by atoms with Crippen molar-refractivity contribution >= 4 is 5.96 Å². The van der Waals surface area contributed by atoms with E-state index < -0.39 is 0 Å². The second-order valence-electron chi connectivity index (χ2n) is 7.19. The van der Waals surface area contributed by atoms with E-state index in [0.29, 0.717) is 5.92 Å². The number of benzene rings is 1. The van der Waals surface area contributed by atoms with Crippen LogP contribution in [0.4, 0.5) is 0 Å². The lowest BCUT2D eigenvalue weighted by Crippen LogP contribution is -2.43. The highest BCUT2D eigenvalue weighted by Crippen LogP contribution is 2.15. The number of aliphatic imine (C=N–C) groups is 1. The SMILES string of the molecule is CN=C(NCCN1CCCN(C)CC1)NCC(C)c1cccc(C)c1. The van der Waals surface area contributed by atoms with E-state index in [1.165, 1.54) is 37.2 Å². The molecule has 1 atom stereocenters. The van der Waals surface area contributed by atoms with Gasteiger partial charge in [-0.2, -0.15) is 0 Å². The lowest BCUT2D eigenvalue weighted by Gasteiger charge is -2.21. The van der Waals surface area contributed by atoms with Crippen LogP contribution in [0, 0.1) is 6.92 Å². The fourth-order valence-electron chi connectivity index (χ4n) is 3.22. The molecule has 1 aromatic rings. The Morgan fingerprint density at radius 2 is 2.04 bits per heavy atom. The van der Waals surface area contributed by atoms with Crippen LogP contribution in [0.15, 0.2) is 29.3 Å². The van der Waals surface area contributed by atoms with Gasteiger partial charge in [0.2, 0.25) is 0 Å². The number of rotatable bonds is 6. The molecule has 0 bridgehead atoms. The van der Waals surface area contributed by atoms with Crippen LogP contribution < -0.4 is 10.6 Å². The number of nitrogens with one attached hydrogen (secondary N) is 2. The van der Waals surface area contributed by atoms with Crippen molar-refractivity contribution < 1.29 is 0 Å².